The summed E-state index contributed by atoms with van der Waals surface area (Å²) in [7, 11) is 3.98. The zero-order valence-corrected chi connectivity index (χ0v) is 24.1. The van der Waals surface area contributed by atoms with Crippen molar-refractivity contribution in [2.45, 2.75) is 19.8 Å². The quantitative estimate of drug-likeness (QED) is 0.168. The van der Waals surface area contributed by atoms with Crippen molar-refractivity contribution in [2.75, 3.05) is 37.8 Å². The highest BCUT2D eigenvalue weighted by molar-refractivity contribution is 5.97. The van der Waals surface area contributed by atoms with Gasteiger partial charge < -0.3 is 20.5 Å². The second kappa shape index (κ2) is 11.9. The molecule has 6 aromatic rings. The Hall–Kier alpha value is -5.23. The molecule has 0 fully saturated rings. The number of hydrogen-bond acceptors (Lipinski definition) is 8. The summed E-state index contributed by atoms with van der Waals surface area (Å²) in [6, 6.07) is 8.69. The molecule has 1 aromatic carbocycles. The zero-order chi connectivity index (χ0) is 29.9. The lowest BCUT2D eigenvalue weighted by molar-refractivity contribution is -0.116. The average Bonchev–Trinajstić information content (AvgIpc) is 3.60. The Labute approximate surface area is 247 Å². The fourth-order valence-electron chi connectivity index (χ4n) is 4.89. The molecule has 0 aliphatic carbocycles. The molecule has 0 atom stereocenters. The third-order valence-electron chi connectivity index (χ3n) is 6.97. The first-order valence-electron chi connectivity index (χ1n) is 14.0. The van der Waals surface area contributed by atoms with Crippen molar-refractivity contribution in [3.63, 3.8) is 0 Å². The number of H-pyrrole nitrogens is 2. The molecule has 0 spiro atoms. The van der Waals surface area contributed by atoms with Crippen LogP contribution in [0.3, 0.4) is 0 Å². The number of amides is 1. The first kappa shape index (κ1) is 27.9. The van der Waals surface area contributed by atoms with Crippen LogP contribution in [0.15, 0.2) is 61.3 Å². The van der Waals surface area contributed by atoms with Gasteiger partial charge in [-0.05, 0) is 56.4 Å². The number of nitrogens with one attached hydrogen (secondary N) is 4. The van der Waals surface area contributed by atoms with Crippen molar-refractivity contribution in [1.29, 1.82) is 0 Å². The summed E-state index contributed by atoms with van der Waals surface area (Å²) >= 11 is 0. The number of fused-ring (bicyclic) bond motifs is 2. The molecule has 5 aromatic heterocycles. The van der Waals surface area contributed by atoms with Gasteiger partial charge in [-0.15, -0.1) is 0 Å². The van der Waals surface area contributed by atoms with Gasteiger partial charge in [0.15, 0.2) is 11.5 Å². The molecule has 4 N–H and O–H groups in total. The lowest BCUT2D eigenvalue weighted by Gasteiger charge is -2.12. The van der Waals surface area contributed by atoms with E-state index in [9.17, 15) is 9.18 Å². The maximum absolute atomic E-state index is 14.7. The number of carbonyl (C=O) groups excluding carboxylic acids is 1. The minimum atomic E-state index is -0.348. The lowest BCUT2D eigenvalue weighted by atomic mass is 10.1. The minimum Gasteiger partial charge on any atom is -0.384 e. The lowest BCUT2D eigenvalue weighted by Crippen LogP contribution is -2.20. The molecule has 0 bridgehead atoms. The maximum Gasteiger partial charge on any atom is 0.224 e. The van der Waals surface area contributed by atoms with Gasteiger partial charge in [0.2, 0.25) is 5.91 Å². The summed E-state index contributed by atoms with van der Waals surface area (Å²) in [6.45, 7) is 3.46. The van der Waals surface area contributed by atoms with Crippen molar-refractivity contribution in [2.24, 2.45) is 0 Å². The zero-order valence-electron chi connectivity index (χ0n) is 24.1. The number of benzene rings is 1. The Morgan fingerprint density at radius 1 is 0.953 bits per heavy atom. The molecule has 0 radical (unpaired) electrons. The largest absolute Gasteiger partial charge is 0.384 e. The molecule has 0 aliphatic rings. The summed E-state index contributed by atoms with van der Waals surface area (Å²) < 4.78 is 14.7. The van der Waals surface area contributed by atoms with E-state index in [1.807, 2.05) is 39.2 Å². The number of rotatable bonds is 10. The highest BCUT2D eigenvalue weighted by Crippen LogP contribution is 2.33. The van der Waals surface area contributed by atoms with Crippen molar-refractivity contribution in [3.8, 4) is 33.8 Å². The molecule has 0 saturated heterocycles. The first-order valence-corrected chi connectivity index (χ1v) is 14.0. The summed E-state index contributed by atoms with van der Waals surface area (Å²) in [5.41, 5.74) is 6.81. The fraction of sp³-hybridized carbons (Fsp3) is 0.226. The number of halogens is 1. The van der Waals surface area contributed by atoms with E-state index in [2.05, 4.69) is 45.7 Å². The van der Waals surface area contributed by atoms with Crippen molar-refractivity contribution >= 4 is 39.3 Å². The highest BCUT2D eigenvalue weighted by atomic mass is 19.1. The van der Waals surface area contributed by atoms with Crippen LogP contribution in [0.2, 0.25) is 0 Å². The molecule has 12 heteroatoms. The van der Waals surface area contributed by atoms with Crippen molar-refractivity contribution in [1.82, 2.24) is 40.0 Å². The summed E-state index contributed by atoms with van der Waals surface area (Å²) in [6.07, 6.45) is 9.65. The number of hydrogen-bond donors (Lipinski definition) is 4. The van der Waals surface area contributed by atoms with E-state index < -0.39 is 0 Å². The summed E-state index contributed by atoms with van der Waals surface area (Å²) in [5, 5.41) is 14.4. The monoisotopic (exact) mass is 578 g/mol. The number of likely N-dealkylation sites (N-methyl/N-ethyl adjacent to an activating group) is 1. The smallest absolute Gasteiger partial charge is 0.224 e. The van der Waals surface area contributed by atoms with Gasteiger partial charge in [0.1, 0.15) is 11.5 Å². The van der Waals surface area contributed by atoms with Crippen LogP contribution in [0.1, 0.15) is 19.8 Å². The number of nitrogens with zero attached hydrogens (tertiary/aromatic N) is 6. The van der Waals surface area contributed by atoms with Gasteiger partial charge in [-0.25, -0.2) is 14.4 Å². The van der Waals surface area contributed by atoms with Gasteiger partial charge in [0, 0.05) is 60.5 Å². The fourth-order valence-corrected chi connectivity index (χ4v) is 4.89. The SMILES string of the molecule is CCCC(=O)Nc1cncc(-c2cnc3n[nH]c(-c4nc5c(-c6cc(F)cc(NCCN(C)C)c6)cncc5[nH]4)c3c2)c1. The summed E-state index contributed by atoms with van der Waals surface area (Å²) in [5.74, 6) is 0.144. The molecular formula is C31H31FN10O. The molecule has 43 heavy (non-hydrogen) atoms. The van der Waals surface area contributed by atoms with E-state index in [1.54, 1.807) is 31.0 Å². The van der Waals surface area contributed by atoms with E-state index in [4.69, 9.17) is 4.98 Å². The minimum absolute atomic E-state index is 0.0547. The van der Waals surface area contributed by atoms with Gasteiger partial charge in [-0.1, -0.05) is 6.92 Å². The van der Waals surface area contributed by atoms with E-state index in [1.165, 1.54) is 12.1 Å². The van der Waals surface area contributed by atoms with Gasteiger partial charge in [-0.3, -0.25) is 19.9 Å². The Morgan fingerprint density at radius 2 is 1.77 bits per heavy atom. The van der Waals surface area contributed by atoms with Crippen LogP contribution in [0.4, 0.5) is 15.8 Å². The maximum atomic E-state index is 14.7. The van der Waals surface area contributed by atoms with Gasteiger partial charge >= 0.3 is 0 Å². The number of carbonyl (C=O) groups is 1. The number of anilines is 2. The molecule has 0 saturated carbocycles. The van der Waals surface area contributed by atoms with Crippen molar-refractivity contribution < 1.29 is 9.18 Å². The third-order valence-corrected chi connectivity index (χ3v) is 6.97. The standard InChI is InChI=1S/C31H31FN10O/c1-4-5-27(43)37-23-10-19(13-33-15-23)20-11-24-29(40-41-30(24)36-14-20)31-38-26-17-34-16-25(28(26)39-31)18-8-21(32)12-22(9-18)35-6-7-42(2)3/h8-17,35H,4-7H2,1-3H3,(H,37,43)(H,38,39)(H,36,40,41). The Morgan fingerprint density at radius 3 is 2.60 bits per heavy atom. The number of pyridine rings is 3. The van der Waals surface area contributed by atoms with Crippen LogP contribution in [-0.2, 0) is 4.79 Å². The van der Waals surface area contributed by atoms with E-state index in [0.29, 0.717) is 63.7 Å². The molecule has 0 aliphatic heterocycles. The molecule has 5 heterocycles. The molecule has 11 nitrogen and oxygen atoms in total. The van der Waals surface area contributed by atoms with E-state index in [-0.39, 0.29) is 11.7 Å². The summed E-state index contributed by atoms with van der Waals surface area (Å²) in [4.78, 5) is 35.6. The third kappa shape index (κ3) is 6.04. The second-order valence-electron chi connectivity index (χ2n) is 10.6. The van der Waals surface area contributed by atoms with Gasteiger partial charge in [0.25, 0.3) is 0 Å². The van der Waals surface area contributed by atoms with Crippen LogP contribution in [0.5, 0.6) is 0 Å². The topological polar surface area (TPSA) is 140 Å². The normalized spacial score (nSPS) is 11.5. The predicted molar refractivity (Wildman–Crippen MR) is 166 cm³/mol. The molecule has 0 unspecified atom stereocenters. The first-order chi connectivity index (χ1) is 20.9. The van der Waals surface area contributed by atoms with Gasteiger partial charge in [-0.2, -0.15) is 5.10 Å². The molecular weight excluding hydrogens is 547 g/mol. The molecule has 1 amide bonds. The Bertz CT molecular complexity index is 1930. The average molecular weight is 579 g/mol. The van der Waals surface area contributed by atoms with Gasteiger partial charge in [0.05, 0.1) is 34.5 Å². The van der Waals surface area contributed by atoms with E-state index >= 15 is 0 Å². The van der Waals surface area contributed by atoms with Crippen LogP contribution in [-0.4, -0.2) is 73.1 Å². The molecule has 6 rings (SSSR count). The number of aromatic nitrogens is 7. The van der Waals surface area contributed by atoms with E-state index in [0.717, 1.165) is 29.5 Å². The van der Waals surface area contributed by atoms with Crippen LogP contribution in [0.25, 0.3) is 55.8 Å². The second-order valence-corrected chi connectivity index (χ2v) is 10.6. The Kier molecular flexibility index (Phi) is 7.75. The number of imidazole rings is 1. The van der Waals surface area contributed by atoms with Crippen LogP contribution < -0.4 is 10.6 Å². The van der Waals surface area contributed by atoms with Crippen LogP contribution in [0, 0.1) is 5.82 Å². The number of aromatic amines is 2. The molecule has 218 valence electrons. The highest BCUT2D eigenvalue weighted by Gasteiger charge is 2.17. The van der Waals surface area contributed by atoms with Crippen LogP contribution >= 0.6 is 0 Å². The van der Waals surface area contributed by atoms with Crippen molar-refractivity contribution in [3.05, 3.63) is 67.1 Å². The Balaban J connectivity index is 1.35. The predicted octanol–water partition coefficient (Wildman–Crippen LogP) is 5.48.